The van der Waals surface area contributed by atoms with Crippen molar-refractivity contribution in [3.8, 4) is 0 Å². The average molecular weight is 503 g/mol. The van der Waals surface area contributed by atoms with Gasteiger partial charge >= 0.3 is 12.1 Å². The first-order chi connectivity index (χ1) is 16.7. The normalized spacial score (nSPS) is 18.1. The lowest BCUT2D eigenvalue weighted by Crippen LogP contribution is -2.47. The molecule has 0 aliphatic carbocycles. The Hall–Kier alpha value is -3.49. The number of halogens is 2. The molecule has 1 aliphatic heterocycles. The SMILES string of the molecule is CC(C)(C)OC(=O)c1ccc(NC(=O)[C@@H]2[C@H](c3c(F)cccc3F)CCN2C(=O)OC(C)(C)C)cc1. The van der Waals surface area contributed by atoms with Gasteiger partial charge in [-0.3, -0.25) is 9.69 Å². The first kappa shape index (κ1) is 27.1. The predicted molar refractivity (Wildman–Crippen MR) is 131 cm³/mol. The number of hydrogen-bond donors (Lipinski definition) is 1. The van der Waals surface area contributed by atoms with Crippen LogP contribution in [0.15, 0.2) is 42.5 Å². The highest BCUT2D eigenvalue weighted by molar-refractivity contribution is 5.98. The van der Waals surface area contributed by atoms with Crippen molar-refractivity contribution in [3.63, 3.8) is 0 Å². The Bertz CT molecular complexity index is 1120. The molecule has 9 heteroatoms. The van der Waals surface area contributed by atoms with Gasteiger partial charge in [-0.2, -0.15) is 0 Å². The number of ether oxygens (including phenoxy) is 2. The fourth-order valence-corrected chi connectivity index (χ4v) is 4.05. The Morgan fingerprint density at radius 2 is 1.44 bits per heavy atom. The Balaban J connectivity index is 1.87. The van der Waals surface area contributed by atoms with Crippen molar-refractivity contribution in [2.24, 2.45) is 0 Å². The molecule has 2 amide bonds. The summed E-state index contributed by atoms with van der Waals surface area (Å²) in [4.78, 5) is 39.8. The van der Waals surface area contributed by atoms with E-state index >= 15 is 0 Å². The van der Waals surface area contributed by atoms with E-state index in [1.54, 1.807) is 41.5 Å². The van der Waals surface area contributed by atoms with Gasteiger partial charge in [0.1, 0.15) is 28.9 Å². The molecule has 2 aromatic rings. The van der Waals surface area contributed by atoms with Crippen LogP contribution in [0.1, 0.15) is 69.8 Å². The quantitative estimate of drug-likeness (QED) is 0.546. The molecule has 1 aliphatic rings. The molecule has 0 bridgehead atoms. The summed E-state index contributed by atoms with van der Waals surface area (Å²) in [6.07, 6.45) is -0.575. The maximum absolute atomic E-state index is 14.7. The van der Waals surface area contributed by atoms with Crippen molar-refractivity contribution < 1.29 is 32.6 Å². The molecule has 1 heterocycles. The summed E-state index contributed by atoms with van der Waals surface area (Å²) in [7, 11) is 0. The molecular weight excluding hydrogens is 470 g/mol. The molecule has 0 unspecified atom stereocenters. The van der Waals surface area contributed by atoms with Crippen LogP contribution in [0, 0.1) is 11.6 Å². The first-order valence-corrected chi connectivity index (χ1v) is 11.7. The van der Waals surface area contributed by atoms with E-state index in [4.69, 9.17) is 9.47 Å². The van der Waals surface area contributed by atoms with E-state index in [2.05, 4.69) is 5.32 Å². The van der Waals surface area contributed by atoms with Gasteiger partial charge in [0.25, 0.3) is 0 Å². The number of rotatable bonds is 4. The summed E-state index contributed by atoms with van der Waals surface area (Å²) >= 11 is 0. The number of anilines is 1. The van der Waals surface area contributed by atoms with Crippen LogP contribution >= 0.6 is 0 Å². The minimum absolute atomic E-state index is 0.0863. The maximum atomic E-state index is 14.7. The fourth-order valence-electron chi connectivity index (χ4n) is 4.05. The van der Waals surface area contributed by atoms with E-state index < -0.39 is 52.8 Å². The zero-order chi connectivity index (χ0) is 26.8. The van der Waals surface area contributed by atoms with Gasteiger partial charge in [-0.25, -0.2) is 18.4 Å². The van der Waals surface area contributed by atoms with Crippen LogP contribution in [0.5, 0.6) is 0 Å². The number of benzene rings is 2. The first-order valence-electron chi connectivity index (χ1n) is 11.7. The highest BCUT2D eigenvalue weighted by Gasteiger charge is 2.46. The molecule has 194 valence electrons. The molecule has 3 rings (SSSR count). The van der Waals surface area contributed by atoms with Crippen molar-refractivity contribution >= 4 is 23.7 Å². The van der Waals surface area contributed by atoms with Crippen LogP contribution in [0.4, 0.5) is 19.3 Å². The Morgan fingerprint density at radius 3 is 1.97 bits per heavy atom. The molecule has 1 fully saturated rings. The van der Waals surface area contributed by atoms with E-state index in [1.807, 2.05) is 0 Å². The number of nitrogens with one attached hydrogen (secondary N) is 1. The van der Waals surface area contributed by atoms with Crippen molar-refractivity contribution in [2.45, 2.75) is 71.1 Å². The van der Waals surface area contributed by atoms with Crippen molar-refractivity contribution in [1.82, 2.24) is 4.90 Å². The van der Waals surface area contributed by atoms with Crippen LogP contribution < -0.4 is 5.32 Å². The largest absolute Gasteiger partial charge is 0.456 e. The topological polar surface area (TPSA) is 84.9 Å². The molecule has 36 heavy (non-hydrogen) atoms. The molecular formula is C27H32F2N2O5. The summed E-state index contributed by atoms with van der Waals surface area (Å²) in [5.74, 6) is -3.63. The zero-order valence-electron chi connectivity index (χ0n) is 21.4. The van der Waals surface area contributed by atoms with Crippen LogP contribution in [-0.2, 0) is 14.3 Å². The van der Waals surface area contributed by atoms with Gasteiger partial charge in [-0.15, -0.1) is 0 Å². The van der Waals surface area contributed by atoms with Crippen molar-refractivity contribution in [3.05, 3.63) is 65.2 Å². The maximum Gasteiger partial charge on any atom is 0.410 e. The van der Waals surface area contributed by atoms with Crippen LogP contribution in [0.2, 0.25) is 0 Å². The van der Waals surface area contributed by atoms with Crippen LogP contribution in [-0.4, -0.2) is 46.7 Å². The third-order valence-corrected chi connectivity index (χ3v) is 5.45. The summed E-state index contributed by atoms with van der Waals surface area (Å²) in [6, 6.07) is 8.31. The second-order valence-corrected chi connectivity index (χ2v) is 10.7. The molecule has 1 saturated heterocycles. The second kappa shape index (κ2) is 10.2. The summed E-state index contributed by atoms with van der Waals surface area (Å²) in [6.45, 7) is 10.4. The monoisotopic (exact) mass is 502 g/mol. The highest BCUT2D eigenvalue weighted by Crippen LogP contribution is 2.37. The lowest BCUT2D eigenvalue weighted by molar-refractivity contribution is -0.120. The van der Waals surface area contributed by atoms with Gasteiger partial charge < -0.3 is 14.8 Å². The number of hydrogen-bond acceptors (Lipinski definition) is 5. The number of carbonyl (C=O) groups excluding carboxylic acids is 3. The fraction of sp³-hybridized carbons (Fsp3) is 0.444. The standard InChI is InChI=1S/C27H32F2N2O5/c1-26(2,3)35-24(33)16-10-12-17(13-11-16)30-23(32)22-18(21-19(28)8-7-9-20(21)29)14-15-31(22)25(34)36-27(4,5)6/h7-13,18,22H,14-15H2,1-6H3,(H,30,32)/t18-,22-/m0/s1. The Kier molecular flexibility index (Phi) is 7.71. The van der Waals surface area contributed by atoms with Crippen LogP contribution in [0.3, 0.4) is 0 Å². The van der Waals surface area contributed by atoms with E-state index in [1.165, 1.54) is 35.2 Å². The van der Waals surface area contributed by atoms with Gasteiger partial charge in [0.05, 0.1) is 5.56 Å². The second-order valence-electron chi connectivity index (χ2n) is 10.7. The summed E-state index contributed by atoms with van der Waals surface area (Å²) < 4.78 is 40.1. The molecule has 0 radical (unpaired) electrons. The lowest BCUT2D eigenvalue weighted by atomic mass is 9.90. The third kappa shape index (κ3) is 6.59. The number of nitrogens with zero attached hydrogens (tertiary/aromatic N) is 1. The zero-order valence-corrected chi connectivity index (χ0v) is 21.4. The number of likely N-dealkylation sites (tertiary alicyclic amines) is 1. The molecule has 1 N–H and O–H groups in total. The van der Waals surface area contributed by atoms with Gasteiger partial charge in [-0.1, -0.05) is 6.07 Å². The van der Waals surface area contributed by atoms with Crippen molar-refractivity contribution in [2.75, 3.05) is 11.9 Å². The molecule has 2 aromatic carbocycles. The molecule has 7 nitrogen and oxygen atoms in total. The van der Waals surface area contributed by atoms with E-state index in [-0.39, 0.29) is 18.5 Å². The highest BCUT2D eigenvalue weighted by atomic mass is 19.1. The number of amides is 2. The Morgan fingerprint density at radius 1 is 0.889 bits per heavy atom. The third-order valence-electron chi connectivity index (χ3n) is 5.45. The summed E-state index contributed by atoms with van der Waals surface area (Å²) in [5, 5.41) is 2.70. The minimum Gasteiger partial charge on any atom is -0.456 e. The minimum atomic E-state index is -1.21. The van der Waals surface area contributed by atoms with E-state index in [0.29, 0.717) is 11.3 Å². The average Bonchev–Trinajstić information content (AvgIpc) is 3.17. The van der Waals surface area contributed by atoms with Gasteiger partial charge in [0.2, 0.25) is 5.91 Å². The van der Waals surface area contributed by atoms with Crippen LogP contribution in [0.25, 0.3) is 0 Å². The van der Waals surface area contributed by atoms with Gasteiger partial charge in [0, 0.05) is 23.7 Å². The van der Waals surface area contributed by atoms with Gasteiger partial charge in [-0.05, 0) is 84.4 Å². The summed E-state index contributed by atoms with van der Waals surface area (Å²) in [5.41, 5.74) is -1.09. The van der Waals surface area contributed by atoms with E-state index in [0.717, 1.165) is 12.1 Å². The Labute approximate surface area is 209 Å². The van der Waals surface area contributed by atoms with Gasteiger partial charge in [0.15, 0.2) is 0 Å². The van der Waals surface area contributed by atoms with E-state index in [9.17, 15) is 23.2 Å². The predicted octanol–water partition coefficient (Wildman–Crippen LogP) is 5.65. The molecule has 0 aromatic heterocycles. The van der Waals surface area contributed by atoms with Crippen molar-refractivity contribution in [1.29, 1.82) is 0 Å². The number of esters is 1. The lowest BCUT2D eigenvalue weighted by Gasteiger charge is -2.30. The number of carbonyl (C=O) groups is 3. The molecule has 0 spiro atoms. The molecule has 2 atom stereocenters. The molecule has 0 saturated carbocycles. The smallest absolute Gasteiger partial charge is 0.410 e.